The van der Waals surface area contributed by atoms with Gasteiger partial charge in [-0.3, -0.25) is 9.69 Å². The highest BCUT2D eigenvalue weighted by Crippen LogP contribution is 2.31. The number of nitrogens with one attached hydrogen (secondary N) is 1. The van der Waals surface area contributed by atoms with E-state index in [1.165, 1.54) is 16.2 Å². The molecule has 0 radical (unpaired) electrons. The van der Waals surface area contributed by atoms with Gasteiger partial charge in [-0.15, -0.1) is 11.8 Å². The van der Waals surface area contributed by atoms with Crippen molar-refractivity contribution in [3.8, 4) is 0 Å². The third kappa shape index (κ3) is 7.14. The number of carbonyl (C=O) groups is 1. The minimum absolute atomic E-state index is 0.0720. The molecule has 32 heavy (non-hydrogen) atoms. The summed E-state index contributed by atoms with van der Waals surface area (Å²) in [6.07, 6.45) is 3.75. The molecule has 1 amide bonds. The molecule has 2 aromatic heterocycles. The molecule has 1 aromatic carbocycles. The van der Waals surface area contributed by atoms with E-state index in [0.717, 1.165) is 21.1 Å². The molecule has 0 aliphatic rings. The Hall–Kier alpha value is -2.24. The van der Waals surface area contributed by atoms with Crippen LogP contribution in [0.25, 0.3) is 0 Å². The number of amides is 1. The van der Waals surface area contributed by atoms with Crippen molar-refractivity contribution in [2.24, 2.45) is 0 Å². The number of rotatable bonds is 10. The third-order valence-electron chi connectivity index (χ3n) is 4.56. The van der Waals surface area contributed by atoms with E-state index >= 15 is 0 Å². The minimum Gasteiger partial charge on any atom is -0.444 e. The molecular weight excluding hydrogens is 448 g/mol. The van der Waals surface area contributed by atoms with Crippen molar-refractivity contribution in [2.45, 2.75) is 49.1 Å². The number of anilines is 1. The van der Waals surface area contributed by atoms with Gasteiger partial charge in [0.15, 0.2) is 5.13 Å². The first-order valence-corrected chi connectivity index (χ1v) is 11.9. The van der Waals surface area contributed by atoms with Gasteiger partial charge < -0.3 is 19.9 Å². The lowest BCUT2D eigenvalue weighted by atomic mass is 9.94. The molecule has 0 unspecified atom stereocenters. The Labute approximate surface area is 195 Å². The monoisotopic (exact) mass is 476 g/mol. The molecule has 0 atom stereocenters. The number of aromatic nitrogens is 2. The Morgan fingerprint density at radius 3 is 2.44 bits per heavy atom. The number of thiazole rings is 1. The van der Waals surface area contributed by atoms with Gasteiger partial charge in [-0.1, -0.05) is 56.4 Å². The predicted molar refractivity (Wildman–Crippen MR) is 125 cm³/mol. The van der Waals surface area contributed by atoms with E-state index in [-0.39, 0.29) is 31.2 Å². The van der Waals surface area contributed by atoms with Crippen LogP contribution in [-0.2, 0) is 28.9 Å². The number of benzene rings is 1. The normalized spacial score (nSPS) is 11.8. The number of hydrogen-bond donors (Lipinski definition) is 3. The molecule has 0 spiro atoms. The quantitative estimate of drug-likeness (QED) is 0.301. The summed E-state index contributed by atoms with van der Waals surface area (Å²) >= 11 is 2.98. The van der Waals surface area contributed by atoms with Crippen LogP contribution in [0, 0.1) is 0 Å². The summed E-state index contributed by atoms with van der Waals surface area (Å²) in [5.74, 6) is 1.99. The van der Waals surface area contributed by atoms with Crippen LogP contribution in [-0.4, -0.2) is 44.4 Å². The fourth-order valence-electron chi connectivity index (χ4n) is 2.75. The Kier molecular flexibility index (Phi) is 8.44. The molecule has 0 bridgehead atoms. The molecule has 0 aliphatic carbocycles. The average molecular weight is 477 g/mol. The predicted octanol–water partition coefficient (Wildman–Crippen LogP) is 3.60. The standard InChI is InChI=1S/C22H28N4O4S2/c1-22(2,3)17-9-23-19(30-17)12-31-20-10-24-21(32-20)25-18(29)8-15-4-6-16(7-5-15)11-26(13-27)14-28/h4-7,9-10,27-28H,8,11-14H2,1-3H3,(H,24,25,29). The maximum absolute atomic E-state index is 12.4. The van der Waals surface area contributed by atoms with Crippen molar-refractivity contribution >= 4 is 34.1 Å². The number of aliphatic hydroxyl groups is 2. The van der Waals surface area contributed by atoms with Gasteiger partial charge in [-0.2, -0.15) is 0 Å². The highest BCUT2D eigenvalue weighted by molar-refractivity contribution is 8.00. The van der Waals surface area contributed by atoms with Crippen molar-refractivity contribution in [3.63, 3.8) is 0 Å². The lowest BCUT2D eigenvalue weighted by Gasteiger charge is -2.16. The number of thioether (sulfide) groups is 1. The average Bonchev–Trinajstić information content (AvgIpc) is 3.41. The number of hydrogen-bond acceptors (Lipinski definition) is 9. The molecule has 2 heterocycles. The summed E-state index contributed by atoms with van der Waals surface area (Å²) in [6, 6.07) is 7.50. The summed E-state index contributed by atoms with van der Waals surface area (Å²) in [6.45, 7) is 6.25. The third-order valence-corrected chi connectivity index (χ3v) is 6.65. The van der Waals surface area contributed by atoms with E-state index in [2.05, 4.69) is 36.1 Å². The zero-order chi connectivity index (χ0) is 23.1. The Bertz CT molecular complexity index is 1010. The fourth-order valence-corrected chi connectivity index (χ4v) is 4.50. The van der Waals surface area contributed by atoms with Crippen LogP contribution in [0.1, 0.15) is 43.5 Å². The number of carbonyl (C=O) groups excluding carboxylic acids is 1. The molecule has 10 heteroatoms. The van der Waals surface area contributed by atoms with Crippen LogP contribution < -0.4 is 5.32 Å². The maximum atomic E-state index is 12.4. The number of nitrogens with zero attached hydrogens (tertiary/aromatic N) is 3. The molecule has 8 nitrogen and oxygen atoms in total. The van der Waals surface area contributed by atoms with Crippen LogP contribution >= 0.6 is 23.1 Å². The van der Waals surface area contributed by atoms with E-state index < -0.39 is 0 Å². The van der Waals surface area contributed by atoms with Crippen molar-refractivity contribution < 1.29 is 19.4 Å². The molecule has 3 aromatic rings. The topological polar surface area (TPSA) is 112 Å². The van der Waals surface area contributed by atoms with Crippen molar-refractivity contribution in [3.05, 3.63) is 59.4 Å². The van der Waals surface area contributed by atoms with E-state index in [1.807, 2.05) is 24.3 Å². The molecular formula is C22H28N4O4S2. The molecule has 3 N–H and O–H groups in total. The smallest absolute Gasteiger partial charge is 0.230 e. The van der Waals surface area contributed by atoms with Gasteiger partial charge in [-0.05, 0) is 11.1 Å². The first kappa shape index (κ1) is 24.4. The first-order valence-electron chi connectivity index (χ1n) is 10.1. The van der Waals surface area contributed by atoms with Crippen LogP contribution in [0.4, 0.5) is 5.13 Å². The van der Waals surface area contributed by atoms with Gasteiger partial charge in [0, 0.05) is 12.0 Å². The molecule has 3 rings (SSSR count). The summed E-state index contributed by atoms with van der Waals surface area (Å²) in [7, 11) is 0. The van der Waals surface area contributed by atoms with Gasteiger partial charge in [0.05, 0.1) is 42.2 Å². The first-order chi connectivity index (χ1) is 15.3. The lowest BCUT2D eigenvalue weighted by Crippen LogP contribution is -2.25. The summed E-state index contributed by atoms with van der Waals surface area (Å²) in [4.78, 5) is 22.5. The molecule has 172 valence electrons. The zero-order valence-electron chi connectivity index (χ0n) is 18.4. The fraction of sp³-hybridized carbons (Fsp3) is 0.409. The second-order valence-electron chi connectivity index (χ2n) is 8.29. The zero-order valence-corrected chi connectivity index (χ0v) is 20.0. The maximum Gasteiger partial charge on any atom is 0.230 e. The Balaban J connectivity index is 1.47. The number of aliphatic hydroxyl groups excluding tert-OH is 2. The second kappa shape index (κ2) is 11.1. The molecule has 0 aliphatic heterocycles. The molecule has 0 saturated heterocycles. The molecule has 0 saturated carbocycles. The van der Waals surface area contributed by atoms with Gasteiger partial charge in [0.2, 0.25) is 11.8 Å². The largest absolute Gasteiger partial charge is 0.444 e. The summed E-state index contributed by atoms with van der Waals surface area (Å²) in [5, 5.41) is 21.6. The lowest BCUT2D eigenvalue weighted by molar-refractivity contribution is -0.115. The van der Waals surface area contributed by atoms with Crippen molar-refractivity contribution in [2.75, 3.05) is 18.8 Å². The highest BCUT2D eigenvalue weighted by atomic mass is 32.2. The van der Waals surface area contributed by atoms with E-state index in [9.17, 15) is 4.79 Å². The van der Waals surface area contributed by atoms with Crippen molar-refractivity contribution in [1.29, 1.82) is 0 Å². The van der Waals surface area contributed by atoms with Crippen LogP contribution in [0.15, 0.2) is 45.3 Å². The summed E-state index contributed by atoms with van der Waals surface area (Å²) in [5.41, 5.74) is 1.74. The SMILES string of the molecule is CC(C)(C)c1cnc(CSc2cnc(NC(=O)Cc3ccc(CN(CO)CO)cc3)s2)o1. The van der Waals surface area contributed by atoms with Gasteiger partial charge >= 0.3 is 0 Å². The van der Waals surface area contributed by atoms with Crippen LogP contribution in [0.2, 0.25) is 0 Å². The highest BCUT2D eigenvalue weighted by Gasteiger charge is 2.19. The summed E-state index contributed by atoms with van der Waals surface area (Å²) < 4.78 is 6.77. The minimum atomic E-state index is -0.218. The van der Waals surface area contributed by atoms with Crippen molar-refractivity contribution in [1.82, 2.24) is 14.9 Å². The van der Waals surface area contributed by atoms with Gasteiger partial charge in [0.25, 0.3) is 0 Å². The number of oxazole rings is 1. The van der Waals surface area contributed by atoms with E-state index in [1.54, 1.807) is 24.2 Å². The molecule has 0 fully saturated rings. The van der Waals surface area contributed by atoms with Crippen LogP contribution in [0.5, 0.6) is 0 Å². The van der Waals surface area contributed by atoms with Gasteiger partial charge in [-0.25, -0.2) is 9.97 Å². The Morgan fingerprint density at radius 2 is 1.81 bits per heavy atom. The van der Waals surface area contributed by atoms with E-state index in [4.69, 9.17) is 14.6 Å². The van der Waals surface area contributed by atoms with E-state index in [0.29, 0.717) is 23.3 Å². The van der Waals surface area contributed by atoms with Gasteiger partial charge in [0.1, 0.15) is 5.76 Å². The van der Waals surface area contributed by atoms with Crippen LogP contribution in [0.3, 0.4) is 0 Å². The Morgan fingerprint density at radius 1 is 1.12 bits per heavy atom. The second-order valence-corrected chi connectivity index (χ2v) is 10.6.